The van der Waals surface area contributed by atoms with Crippen molar-refractivity contribution >= 4 is 34.5 Å². The summed E-state index contributed by atoms with van der Waals surface area (Å²) in [4.78, 5) is 9.02. The molecule has 0 amide bonds. The van der Waals surface area contributed by atoms with Crippen LogP contribution in [0.2, 0.25) is 0 Å². The van der Waals surface area contributed by atoms with Crippen molar-refractivity contribution in [1.29, 1.82) is 0 Å². The summed E-state index contributed by atoms with van der Waals surface area (Å²) in [5, 5.41) is 0.746. The van der Waals surface area contributed by atoms with Gasteiger partial charge in [0.05, 0.1) is 16.0 Å². The minimum Gasteiger partial charge on any atom is -0.383 e. The second kappa shape index (κ2) is 8.19. The van der Waals surface area contributed by atoms with Gasteiger partial charge in [-0.25, -0.2) is 18.7 Å². The van der Waals surface area contributed by atoms with Crippen LogP contribution in [0.25, 0.3) is 22.2 Å². The number of aromatic nitrogens is 3. The lowest BCUT2D eigenvalue weighted by atomic mass is 10.1. The smallest absolute Gasteiger partial charge is 0.147 e. The number of nitrogen functional groups attached to an aromatic ring is 1. The molecule has 0 unspecified atom stereocenters. The third kappa shape index (κ3) is 3.72. The maximum Gasteiger partial charge on any atom is 0.147 e. The number of fused-ring (bicyclic) bond motifs is 1. The molecular weight excluding hydrogens is 416 g/mol. The highest BCUT2D eigenvalue weighted by atomic mass is 32.2. The number of rotatable bonds is 5. The number of hydrogen-bond acceptors (Lipinski definition) is 5. The Morgan fingerprint density at radius 2 is 1.84 bits per heavy atom. The molecule has 2 aromatic heterocycles. The molecule has 8 heteroatoms. The van der Waals surface area contributed by atoms with Gasteiger partial charge in [0.2, 0.25) is 0 Å². The topological polar surface area (TPSA) is 68.8 Å². The normalized spacial score (nSPS) is 14.4. The lowest BCUT2D eigenvalue weighted by Gasteiger charge is -2.12. The van der Waals surface area contributed by atoms with E-state index in [0.717, 1.165) is 41.4 Å². The second-order valence-electron chi connectivity index (χ2n) is 7.68. The minimum atomic E-state index is -0.432. The van der Waals surface area contributed by atoms with Gasteiger partial charge in [-0.2, -0.15) is 0 Å². The van der Waals surface area contributed by atoms with Gasteiger partial charge in [0.25, 0.3) is 0 Å². The van der Waals surface area contributed by atoms with Gasteiger partial charge in [-0.3, -0.25) is 0 Å². The molecular formula is C23H21F2N5S. The average Bonchev–Trinajstić information content (AvgIpc) is 3.42. The molecule has 158 valence electrons. The molecule has 31 heavy (non-hydrogen) atoms. The molecule has 0 aliphatic heterocycles. The Bertz CT molecular complexity index is 1250. The summed E-state index contributed by atoms with van der Waals surface area (Å²) in [6.07, 6.45) is 8.06. The Morgan fingerprint density at radius 3 is 2.61 bits per heavy atom. The third-order valence-corrected chi connectivity index (χ3v) is 6.62. The summed E-state index contributed by atoms with van der Waals surface area (Å²) in [6, 6.07) is 11.7. The van der Waals surface area contributed by atoms with Crippen LogP contribution >= 0.6 is 11.9 Å². The first-order valence-electron chi connectivity index (χ1n) is 10.2. The van der Waals surface area contributed by atoms with Crippen molar-refractivity contribution < 1.29 is 8.78 Å². The number of halogens is 2. The van der Waals surface area contributed by atoms with E-state index in [2.05, 4.69) is 19.3 Å². The monoisotopic (exact) mass is 437 g/mol. The molecule has 1 aliphatic rings. The number of nitrogens with zero attached hydrogens (tertiary/aromatic N) is 3. The fourth-order valence-corrected chi connectivity index (χ4v) is 4.89. The van der Waals surface area contributed by atoms with E-state index in [1.807, 2.05) is 12.3 Å². The van der Waals surface area contributed by atoms with E-state index in [0.29, 0.717) is 22.3 Å². The quantitative estimate of drug-likeness (QED) is 0.364. The molecule has 0 atom stereocenters. The predicted molar refractivity (Wildman–Crippen MR) is 121 cm³/mol. The third-order valence-electron chi connectivity index (χ3n) is 5.74. The van der Waals surface area contributed by atoms with Crippen LogP contribution in [0, 0.1) is 11.6 Å². The molecule has 4 aromatic rings. The molecule has 5 nitrogen and oxygen atoms in total. The molecule has 0 spiro atoms. The van der Waals surface area contributed by atoms with Crippen LogP contribution in [-0.2, 0) is 0 Å². The Morgan fingerprint density at radius 1 is 1.03 bits per heavy atom. The van der Waals surface area contributed by atoms with Gasteiger partial charge in [0.15, 0.2) is 0 Å². The van der Waals surface area contributed by atoms with Crippen molar-refractivity contribution in [2.45, 2.75) is 36.6 Å². The van der Waals surface area contributed by atoms with Crippen LogP contribution in [-0.4, -0.2) is 14.5 Å². The zero-order valence-electron chi connectivity index (χ0n) is 16.7. The molecule has 0 radical (unpaired) electrons. The van der Waals surface area contributed by atoms with E-state index in [4.69, 9.17) is 5.73 Å². The summed E-state index contributed by atoms with van der Waals surface area (Å²) in [5.74, 6) is -0.403. The Labute approximate surface area is 182 Å². The fourth-order valence-electron chi connectivity index (χ4n) is 4.19. The van der Waals surface area contributed by atoms with Crippen LogP contribution in [0.15, 0.2) is 59.9 Å². The SMILES string of the molecule is Nc1ncnc2c1c(-c1ccc(NSc3ccccc3F)c(F)c1)cn2C1CCCC1. The van der Waals surface area contributed by atoms with Crippen molar-refractivity contribution in [3.8, 4) is 11.1 Å². The zero-order valence-corrected chi connectivity index (χ0v) is 17.5. The first kappa shape index (κ1) is 19.8. The highest BCUT2D eigenvalue weighted by molar-refractivity contribution is 8.00. The Balaban J connectivity index is 1.49. The van der Waals surface area contributed by atoms with Gasteiger partial charge in [-0.05, 0) is 54.6 Å². The van der Waals surface area contributed by atoms with Crippen molar-refractivity contribution in [2.75, 3.05) is 10.5 Å². The number of nitrogens with two attached hydrogens (primary N) is 1. The van der Waals surface area contributed by atoms with Crippen LogP contribution in [0.3, 0.4) is 0 Å². The molecule has 1 saturated carbocycles. The summed E-state index contributed by atoms with van der Waals surface area (Å²) in [6.45, 7) is 0. The second-order valence-corrected chi connectivity index (χ2v) is 8.52. The van der Waals surface area contributed by atoms with E-state index in [1.54, 1.807) is 24.3 Å². The van der Waals surface area contributed by atoms with Crippen molar-refractivity contribution in [3.63, 3.8) is 0 Å². The molecule has 1 aliphatic carbocycles. The minimum absolute atomic E-state index is 0.278. The molecule has 3 N–H and O–H groups in total. The summed E-state index contributed by atoms with van der Waals surface area (Å²) in [7, 11) is 0. The number of nitrogens with one attached hydrogen (secondary N) is 1. The van der Waals surface area contributed by atoms with Crippen molar-refractivity contribution in [3.05, 3.63) is 66.6 Å². The highest BCUT2D eigenvalue weighted by Crippen LogP contribution is 2.39. The Kier molecular flexibility index (Phi) is 5.23. The lowest BCUT2D eigenvalue weighted by Crippen LogP contribution is -2.04. The number of benzene rings is 2. The molecule has 1 fully saturated rings. The van der Waals surface area contributed by atoms with E-state index < -0.39 is 5.82 Å². The van der Waals surface area contributed by atoms with Crippen molar-refractivity contribution in [2.24, 2.45) is 0 Å². The number of anilines is 2. The molecule has 0 bridgehead atoms. The van der Waals surface area contributed by atoms with Gasteiger partial charge >= 0.3 is 0 Å². The summed E-state index contributed by atoms with van der Waals surface area (Å²) >= 11 is 1.03. The average molecular weight is 438 g/mol. The Hall–Kier alpha value is -3.13. The van der Waals surface area contributed by atoms with Gasteiger partial charge in [0.1, 0.15) is 29.4 Å². The first-order valence-corrected chi connectivity index (χ1v) is 11.0. The van der Waals surface area contributed by atoms with Crippen molar-refractivity contribution in [1.82, 2.24) is 14.5 Å². The van der Waals surface area contributed by atoms with E-state index in [9.17, 15) is 8.78 Å². The van der Waals surface area contributed by atoms with Gasteiger partial charge in [-0.15, -0.1) is 0 Å². The summed E-state index contributed by atoms with van der Waals surface area (Å²) < 4.78 is 33.8. The maximum atomic E-state index is 14.9. The van der Waals surface area contributed by atoms with Gasteiger partial charge in [-0.1, -0.05) is 31.0 Å². The molecule has 5 rings (SSSR count). The van der Waals surface area contributed by atoms with Crippen LogP contribution in [0.4, 0.5) is 20.3 Å². The highest BCUT2D eigenvalue weighted by Gasteiger charge is 2.23. The first-order chi connectivity index (χ1) is 15.1. The molecule has 0 saturated heterocycles. The largest absolute Gasteiger partial charge is 0.383 e. The van der Waals surface area contributed by atoms with Gasteiger partial charge in [0, 0.05) is 17.8 Å². The predicted octanol–water partition coefficient (Wildman–Crippen LogP) is 6.19. The maximum absolute atomic E-state index is 14.9. The number of hydrogen-bond donors (Lipinski definition) is 2. The fraction of sp³-hybridized carbons (Fsp3) is 0.217. The van der Waals surface area contributed by atoms with Crippen LogP contribution in [0.1, 0.15) is 31.7 Å². The molecule has 2 heterocycles. The van der Waals surface area contributed by atoms with E-state index in [1.165, 1.54) is 31.3 Å². The van der Waals surface area contributed by atoms with Gasteiger partial charge < -0.3 is 15.0 Å². The van der Waals surface area contributed by atoms with E-state index >= 15 is 0 Å². The van der Waals surface area contributed by atoms with E-state index in [-0.39, 0.29) is 11.5 Å². The van der Waals surface area contributed by atoms with Crippen LogP contribution in [0.5, 0.6) is 0 Å². The zero-order chi connectivity index (χ0) is 21.4. The standard InChI is InChI=1S/C23H21F2N5S/c24-17-7-3-4-8-20(17)31-29-19-10-9-14(11-18(19)25)16-12-30(15-5-1-2-6-15)23-21(16)22(26)27-13-28-23/h3-4,7-13,15,29H,1-2,5-6H2,(H2,26,27,28). The van der Waals surface area contributed by atoms with Crippen LogP contribution < -0.4 is 10.5 Å². The molecule has 2 aromatic carbocycles. The summed E-state index contributed by atoms with van der Waals surface area (Å²) in [5.41, 5.74) is 8.76. The lowest BCUT2D eigenvalue weighted by molar-refractivity contribution is 0.532.